The van der Waals surface area contributed by atoms with Gasteiger partial charge in [-0.2, -0.15) is 0 Å². The van der Waals surface area contributed by atoms with Crippen LogP contribution in [0, 0.1) is 6.92 Å². The molecule has 138 valence electrons. The highest BCUT2D eigenvalue weighted by atomic mass is 32.2. The van der Waals surface area contributed by atoms with E-state index in [0.717, 1.165) is 11.1 Å². The number of carbonyl (C=O) groups is 1. The minimum absolute atomic E-state index is 0.0224. The van der Waals surface area contributed by atoms with Crippen molar-refractivity contribution < 1.29 is 17.9 Å². The Bertz CT molecular complexity index is 908. The van der Waals surface area contributed by atoms with Gasteiger partial charge in [-0.3, -0.25) is 4.79 Å². The van der Waals surface area contributed by atoms with Crippen LogP contribution in [-0.4, -0.2) is 43.9 Å². The van der Waals surface area contributed by atoms with Crippen LogP contribution in [0.25, 0.3) is 0 Å². The van der Waals surface area contributed by atoms with E-state index in [2.05, 4.69) is 0 Å². The highest BCUT2D eigenvalue weighted by Crippen LogP contribution is 2.24. The highest BCUT2D eigenvalue weighted by Gasteiger charge is 2.35. The van der Waals surface area contributed by atoms with Crippen molar-refractivity contribution in [2.45, 2.75) is 25.9 Å². The van der Waals surface area contributed by atoms with Crippen LogP contribution in [-0.2, 0) is 16.4 Å². The Kier molecular flexibility index (Phi) is 5.32. The van der Waals surface area contributed by atoms with Gasteiger partial charge in [0.25, 0.3) is 5.91 Å². The van der Waals surface area contributed by atoms with E-state index >= 15 is 0 Å². The first-order valence-corrected chi connectivity index (χ1v) is 10.4. The summed E-state index contributed by atoms with van der Waals surface area (Å²) in [7, 11) is -1.49. The quantitative estimate of drug-likeness (QED) is 0.808. The molecule has 5 nitrogen and oxygen atoms in total. The van der Waals surface area contributed by atoms with Crippen molar-refractivity contribution in [3.63, 3.8) is 0 Å². The Morgan fingerprint density at radius 1 is 1.19 bits per heavy atom. The topological polar surface area (TPSA) is 63.7 Å². The molecule has 1 saturated heterocycles. The molecule has 1 atom stereocenters. The van der Waals surface area contributed by atoms with Crippen molar-refractivity contribution in [3.8, 4) is 5.75 Å². The zero-order valence-corrected chi connectivity index (χ0v) is 15.8. The van der Waals surface area contributed by atoms with Gasteiger partial charge in [-0.05, 0) is 42.7 Å². The molecule has 2 aromatic rings. The van der Waals surface area contributed by atoms with Crippen LogP contribution in [0.5, 0.6) is 5.75 Å². The molecule has 0 aliphatic carbocycles. The molecule has 0 unspecified atom stereocenters. The van der Waals surface area contributed by atoms with Crippen LogP contribution < -0.4 is 4.74 Å². The van der Waals surface area contributed by atoms with Gasteiger partial charge in [0.2, 0.25) is 0 Å². The molecule has 0 N–H and O–H groups in total. The molecule has 1 heterocycles. The maximum absolute atomic E-state index is 13.2. The van der Waals surface area contributed by atoms with Gasteiger partial charge in [0.15, 0.2) is 9.84 Å². The number of nitrogens with zero attached hydrogens (tertiary/aromatic N) is 1. The van der Waals surface area contributed by atoms with Crippen molar-refractivity contribution in [1.29, 1.82) is 0 Å². The predicted octanol–water partition coefficient (Wildman–Crippen LogP) is 2.83. The molecular weight excluding hydrogens is 350 g/mol. The zero-order valence-electron chi connectivity index (χ0n) is 15.0. The molecule has 1 aliphatic rings. The summed E-state index contributed by atoms with van der Waals surface area (Å²) < 4.78 is 29.2. The Morgan fingerprint density at radius 3 is 2.62 bits per heavy atom. The number of hydrogen-bond acceptors (Lipinski definition) is 4. The van der Waals surface area contributed by atoms with Gasteiger partial charge < -0.3 is 9.64 Å². The van der Waals surface area contributed by atoms with E-state index in [9.17, 15) is 13.2 Å². The summed E-state index contributed by atoms with van der Waals surface area (Å²) in [5.41, 5.74) is 2.41. The highest BCUT2D eigenvalue weighted by molar-refractivity contribution is 7.91. The predicted molar refractivity (Wildman–Crippen MR) is 101 cm³/mol. The Balaban J connectivity index is 1.94. The van der Waals surface area contributed by atoms with Crippen molar-refractivity contribution in [2.75, 3.05) is 18.6 Å². The molecule has 3 rings (SSSR count). The number of hydrogen-bond donors (Lipinski definition) is 0. The summed E-state index contributed by atoms with van der Waals surface area (Å²) in [6.07, 6.45) is 0.476. The standard InChI is InChI=1S/C20H23NO4S/c1-15-6-3-4-9-19(15)20(22)21(17-10-11-26(23,24)14-17)13-16-7-5-8-18(12-16)25-2/h3-9,12,17H,10-11,13-14H2,1-2H3/t17-/m1/s1. The number of sulfone groups is 1. The molecule has 1 aliphatic heterocycles. The summed E-state index contributed by atoms with van der Waals surface area (Å²) in [4.78, 5) is 14.9. The third kappa shape index (κ3) is 4.07. The lowest BCUT2D eigenvalue weighted by molar-refractivity contribution is 0.0680. The van der Waals surface area contributed by atoms with Gasteiger partial charge >= 0.3 is 0 Å². The summed E-state index contributed by atoms with van der Waals surface area (Å²) >= 11 is 0. The Morgan fingerprint density at radius 2 is 1.96 bits per heavy atom. The van der Waals surface area contributed by atoms with Crippen LogP contribution in [0.3, 0.4) is 0 Å². The van der Waals surface area contributed by atoms with Gasteiger partial charge in [-0.25, -0.2) is 8.42 Å². The Labute approximate surface area is 154 Å². The number of carbonyl (C=O) groups excluding carboxylic acids is 1. The largest absolute Gasteiger partial charge is 0.497 e. The number of amides is 1. The van der Waals surface area contributed by atoms with E-state index in [-0.39, 0.29) is 23.5 Å². The molecule has 0 saturated carbocycles. The van der Waals surface area contributed by atoms with E-state index in [4.69, 9.17) is 4.74 Å². The lowest BCUT2D eigenvalue weighted by atomic mass is 10.0. The maximum atomic E-state index is 13.2. The fourth-order valence-corrected chi connectivity index (χ4v) is 5.05. The number of benzene rings is 2. The first kappa shape index (κ1) is 18.5. The molecule has 1 amide bonds. The molecule has 26 heavy (non-hydrogen) atoms. The van der Waals surface area contributed by atoms with Crippen LogP contribution in [0.4, 0.5) is 0 Å². The number of methoxy groups -OCH3 is 1. The molecule has 0 spiro atoms. The minimum atomic E-state index is -3.09. The average molecular weight is 373 g/mol. The molecule has 1 fully saturated rings. The number of rotatable bonds is 5. The van der Waals surface area contributed by atoms with Crippen LogP contribution in [0.1, 0.15) is 27.9 Å². The van der Waals surface area contributed by atoms with Gasteiger partial charge in [-0.1, -0.05) is 30.3 Å². The molecular formula is C20H23NO4S. The van der Waals surface area contributed by atoms with E-state index in [1.807, 2.05) is 49.4 Å². The molecule has 2 aromatic carbocycles. The van der Waals surface area contributed by atoms with Crippen LogP contribution in [0.2, 0.25) is 0 Å². The summed E-state index contributed by atoms with van der Waals surface area (Å²) in [6.45, 7) is 2.24. The van der Waals surface area contributed by atoms with Crippen molar-refractivity contribution in [3.05, 3.63) is 65.2 Å². The van der Waals surface area contributed by atoms with Crippen molar-refractivity contribution >= 4 is 15.7 Å². The van der Waals surface area contributed by atoms with Gasteiger partial charge in [-0.15, -0.1) is 0 Å². The van der Waals surface area contributed by atoms with Crippen molar-refractivity contribution in [1.82, 2.24) is 4.90 Å². The first-order chi connectivity index (χ1) is 12.4. The fourth-order valence-electron chi connectivity index (χ4n) is 3.32. The number of aryl methyl sites for hydroxylation is 1. The van der Waals surface area contributed by atoms with Gasteiger partial charge in [0, 0.05) is 18.2 Å². The second kappa shape index (κ2) is 7.50. The second-order valence-electron chi connectivity index (χ2n) is 6.66. The van der Waals surface area contributed by atoms with Gasteiger partial charge in [0.1, 0.15) is 5.75 Å². The lowest BCUT2D eigenvalue weighted by Gasteiger charge is -2.29. The fraction of sp³-hybridized carbons (Fsp3) is 0.350. The molecule has 0 bridgehead atoms. The minimum Gasteiger partial charge on any atom is -0.497 e. The van der Waals surface area contributed by atoms with E-state index in [1.54, 1.807) is 18.1 Å². The third-order valence-corrected chi connectivity index (χ3v) is 6.52. The zero-order chi connectivity index (χ0) is 18.7. The maximum Gasteiger partial charge on any atom is 0.254 e. The summed E-state index contributed by atoms with van der Waals surface area (Å²) in [6, 6.07) is 14.6. The second-order valence-corrected chi connectivity index (χ2v) is 8.89. The average Bonchev–Trinajstić information content (AvgIpc) is 2.99. The smallest absolute Gasteiger partial charge is 0.254 e. The monoisotopic (exact) mass is 373 g/mol. The Hall–Kier alpha value is -2.34. The van der Waals surface area contributed by atoms with E-state index in [0.29, 0.717) is 24.3 Å². The third-order valence-electron chi connectivity index (χ3n) is 4.77. The first-order valence-electron chi connectivity index (χ1n) is 8.59. The van der Waals surface area contributed by atoms with E-state index in [1.165, 1.54) is 0 Å². The van der Waals surface area contributed by atoms with Gasteiger partial charge in [0.05, 0.1) is 18.6 Å². The normalized spacial score (nSPS) is 18.5. The SMILES string of the molecule is COc1cccc(CN(C(=O)c2ccccc2C)[C@@H]2CCS(=O)(=O)C2)c1. The summed E-state index contributed by atoms with van der Waals surface area (Å²) in [5, 5.41) is 0. The van der Waals surface area contributed by atoms with Crippen LogP contribution in [0.15, 0.2) is 48.5 Å². The number of ether oxygens (including phenoxy) is 1. The summed E-state index contributed by atoms with van der Waals surface area (Å²) in [5.74, 6) is 0.736. The molecule has 0 radical (unpaired) electrons. The van der Waals surface area contributed by atoms with E-state index < -0.39 is 9.84 Å². The molecule has 0 aromatic heterocycles. The van der Waals surface area contributed by atoms with Crippen molar-refractivity contribution in [2.24, 2.45) is 0 Å². The van der Waals surface area contributed by atoms with Crippen LogP contribution >= 0.6 is 0 Å². The lowest BCUT2D eigenvalue weighted by Crippen LogP contribution is -2.40. The molecule has 6 heteroatoms.